The van der Waals surface area contributed by atoms with Crippen molar-refractivity contribution in [2.75, 3.05) is 18.4 Å². The molecule has 0 aliphatic carbocycles. The Kier molecular flexibility index (Phi) is 6.26. The number of hydrogen-bond donors (Lipinski definition) is 3. The number of primary amides is 1. The highest BCUT2D eigenvalue weighted by Gasteiger charge is 2.21. The van der Waals surface area contributed by atoms with E-state index in [0.29, 0.717) is 12.2 Å². The number of nitrogens with one attached hydrogen (secondary N) is 2. The lowest BCUT2D eigenvalue weighted by atomic mass is 9.99. The lowest BCUT2D eigenvalue weighted by molar-refractivity contribution is -0.120. The number of benzene rings is 1. The molecule has 1 heterocycles. The minimum Gasteiger partial charge on any atom is -0.366 e. The number of carbonyl (C=O) groups is 2. The van der Waals surface area contributed by atoms with E-state index in [9.17, 15) is 9.59 Å². The zero-order chi connectivity index (χ0) is 13.8. The highest BCUT2D eigenvalue weighted by atomic mass is 35.5. The van der Waals surface area contributed by atoms with Crippen LogP contribution in [0.15, 0.2) is 18.2 Å². The summed E-state index contributed by atoms with van der Waals surface area (Å²) in [4.78, 5) is 23.1. The van der Waals surface area contributed by atoms with Crippen molar-refractivity contribution in [3.63, 3.8) is 0 Å². The predicted molar refractivity (Wildman–Crippen MR) is 81.4 cm³/mol. The summed E-state index contributed by atoms with van der Waals surface area (Å²) in [6, 6.07) is 4.68. The second kappa shape index (κ2) is 7.47. The fourth-order valence-electron chi connectivity index (χ4n) is 2.11. The topological polar surface area (TPSA) is 84.2 Å². The number of rotatable bonds is 3. The molecular weight excluding hydrogens is 301 g/mol. The lowest BCUT2D eigenvalue weighted by Crippen LogP contribution is -2.37. The first-order chi connectivity index (χ1) is 9.08. The molecule has 4 N–H and O–H groups in total. The van der Waals surface area contributed by atoms with Crippen molar-refractivity contribution in [3.05, 3.63) is 28.8 Å². The van der Waals surface area contributed by atoms with E-state index in [2.05, 4.69) is 10.6 Å². The molecule has 0 bridgehead atoms. The van der Waals surface area contributed by atoms with Crippen LogP contribution >= 0.6 is 24.0 Å². The van der Waals surface area contributed by atoms with Crippen molar-refractivity contribution in [2.24, 2.45) is 11.7 Å². The van der Waals surface area contributed by atoms with Crippen LogP contribution in [-0.4, -0.2) is 24.9 Å². The van der Waals surface area contributed by atoms with Gasteiger partial charge in [0.05, 0.1) is 16.5 Å². The highest BCUT2D eigenvalue weighted by Crippen LogP contribution is 2.21. The van der Waals surface area contributed by atoms with Gasteiger partial charge >= 0.3 is 0 Å². The Labute approximate surface area is 128 Å². The Bertz CT molecular complexity index is 502. The Morgan fingerprint density at radius 1 is 1.40 bits per heavy atom. The van der Waals surface area contributed by atoms with Crippen molar-refractivity contribution in [2.45, 2.75) is 12.8 Å². The van der Waals surface area contributed by atoms with Crippen LogP contribution < -0.4 is 16.4 Å². The van der Waals surface area contributed by atoms with Crippen LogP contribution in [-0.2, 0) is 4.79 Å². The average molecular weight is 318 g/mol. The summed E-state index contributed by atoms with van der Waals surface area (Å²) in [6.07, 6.45) is 1.88. The van der Waals surface area contributed by atoms with E-state index >= 15 is 0 Å². The van der Waals surface area contributed by atoms with Gasteiger partial charge in [0, 0.05) is 12.2 Å². The van der Waals surface area contributed by atoms with Gasteiger partial charge in [0.25, 0.3) is 0 Å². The van der Waals surface area contributed by atoms with Crippen LogP contribution in [0.4, 0.5) is 5.69 Å². The normalized spacial score (nSPS) is 17.9. The Hall–Kier alpha value is -1.30. The van der Waals surface area contributed by atoms with Crippen LogP contribution in [0.25, 0.3) is 0 Å². The van der Waals surface area contributed by atoms with Gasteiger partial charge in [0.15, 0.2) is 0 Å². The van der Waals surface area contributed by atoms with E-state index in [1.807, 2.05) is 0 Å². The molecule has 2 amide bonds. The number of piperidine rings is 1. The maximum absolute atomic E-state index is 12.0. The first kappa shape index (κ1) is 16.8. The first-order valence-electron chi connectivity index (χ1n) is 6.19. The zero-order valence-electron chi connectivity index (χ0n) is 10.8. The molecule has 1 fully saturated rings. The van der Waals surface area contributed by atoms with Crippen molar-refractivity contribution in [1.29, 1.82) is 0 Å². The number of anilines is 1. The molecule has 1 aromatic rings. The van der Waals surface area contributed by atoms with Gasteiger partial charge < -0.3 is 16.4 Å². The molecule has 7 heteroatoms. The van der Waals surface area contributed by atoms with Crippen LogP contribution in [0.5, 0.6) is 0 Å². The Morgan fingerprint density at radius 3 is 2.70 bits per heavy atom. The lowest BCUT2D eigenvalue weighted by Gasteiger charge is -2.22. The fraction of sp³-hybridized carbons (Fsp3) is 0.385. The molecule has 1 atom stereocenters. The molecule has 1 aromatic carbocycles. The summed E-state index contributed by atoms with van der Waals surface area (Å²) in [6.45, 7) is 1.65. The summed E-state index contributed by atoms with van der Waals surface area (Å²) >= 11 is 5.93. The molecule has 0 aromatic heterocycles. The zero-order valence-corrected chi connectivity index (χ0v) is 12.4. The molecule has 0 spiro atoms. The monoisotopic (exact) mass is 317 g/mol. The molecule has 20 heavy (non-hydrogen) atoms. The number of halogens is 2. The summed E-state index contributed by atoms with van der Waals surface area (Å²) < 4.78 is 0. The summed E-state index contributed by atoms with van der Waals surface area (Å²) in [5.41, 5.74) is 5.99. The van der Waals surface area contributed by atoms with Crippen LogP contribution in [0.1, 0.15) is 23.2 Å². The third-order valence-electron chi connectivity index (χ3n) is 3.17. The minimum absolute atomic E-state index is 0. The number of carbonyl (C=O) groups excluding carboxylic acids is 2. The van der Waals surface area contributed by atoms with Crippen molar-refractivity contribution < 1.29 is 9.59 Å². The van der Waals surface area contributed by atoms with Gasteiger partial charge in [-0.3, -0.25) is 9.59 Å². The van der Waals surface area contributed by atoms with Crippen molar-refractivity contribution >= 4 is 41.5 Å². The van der Waals surface area contributed by atoms with Gasteiger partial charge in [-0.25, -0.2) is 0 Å². The maximum Gasteiger partial charge on any atom is 0.250 e. The molecule has 1 unspecified atom stereocenters. The molecule has 5 nitrogen and oxygen atoms in total. The number of amides is 2. The fourth-order valence-corrected chi connectivity index (χ4v) is 2.39. The summed E-state index contributed by atoms with van der Waals surface area (Å²) in [7, 11) is 0. The van der Waals surface area contributed by atoms with E-state index in [1.54, 1.807) is 6.07 Å². The standard InChI is InChI=1S/C13H16ClN3O2.ClH/c14-11-6-9(3-4-10(11)12(15)18)17-13(19)8-2-1-5-16-7-8;/h3-4,6,8,16H,1-2,5,7H2,(H2,15,18)(H,17,19);1H. The van der Waals surface area contributed by atoms with Gasteiger partial charge in [-0.2, -0.15) is 0 Å². The second-order valence-electron chi connectivity index (χ2n) is 4.59. The number of nitrogens with two attached hydrogens (primary N) is 1. The Balaban J connectivity index is 0.00000200. The molecule has 0 radical (unpaired) electrons. The molecule has 1 saturated heterocycles. The van der Waals surface area contributed by atoms with E-state index in [-0.39, 0.29) is 34.8 Å². The smallest absolute Gasteiger partial charge is 0.250 e. The van der Waals surface area contributed by atoms with Gasteiger partial charge in [0.2, 0.25) is 11.8 Å². The molecule has 110 valence electrons. The third-order valence-corrected chi connectivity index (χ3v) is 3.48. The molecule has 0 saturated carbocycles. The van der Waals surface area contributed by atoms with Gasteiger partial charge in [-0.15, -0.1) is 12.4 Å². The van der Waals surface area contributed by atoms with Gasteiger partial charge in [-0.05, 0) is 37.6 Å². The SMILES string of the molecule is Cl.NC(=O)c1ccc(NC(=O)C2CCCNC2)cc1Cl. The van der Waals surface area contributed by atoms with E-state index < -0.39 is 5.91 Å². The van der Waals surface area contributed by atoms with E-state index in [0.717, 1.165) is 19.4 Å². The van der Waals surface area contributed by atoms with Gasteiger partial charge in [-0.1, -0.05) is 11.6 Å². The van der Waals surface area contributed by atoms with Crippen LogP contribution in [0.2, 0.25) is 5.02 Å². The average Bonchev–Trinajstić information content (AvgIpc) is 2.39. The van der Waals surface area contributed by atoms with E-state index in [4.69, 9.17) is 17.3 Å². The molecular formula is C13H17Cl2N3O2. The Morgan fingerprint density at radius 2 is 2.15 bits per heavy atom. The van der Waals surface area contributed by atoms with Gasteiger partial charge in [0.1, 0.15) is 0 Å². The molecule has 2 rings (SSSR count). The van der Waals surface area contributed by atoms with Crippen LogP contribution in [0, 0.1) is 5.92 Å². The molecule has 1 aliphatic rings. The number of hydrogen-bond acceptors (Lipinski definition) is 3. The van der Waals surface area contributed by atoms with Crippen molar-refractivity contribution in [1.82, 2.24) is 5.32 Å². The summed E-state index contributed by atoms with van der Waals surface area (Å²) in [5, 5.41) is 6.23. The van der Waals surface area contributed by atoms with Crippen LogP contribution in [0.3, 0.4) is 0 Å². The second-order valence-corrected chi connectivity index (χ2v) is 5.00. The molecule has 1 aliphatic heterocycles. The largest absolute Gasteiger partial charge is 0.366 e. The predicted octanol–water partition coefficient (Wildman–Crippen LogP) is 1.80. The van der Waals surface area contributed by atoms with Crippen molar-refractivity contribution in [3.8, 4) is 0 Å². The third kappa shape index (κ3) is 4.10. The van der Waals surface area contributed by atoms with E-state index in [1.165, 1.54) is 12.1 Å². The summed E-state index contributed by atoms with van der Waals surface area (Å²) in [5.74, 6) is -0.641. The maximum atomic E-state index is 12.0. The first-order valence-corrected chi connectivity index (χ1v) is 6.56. The highest BCUT2D eigenvalue weighted by molar-refractivity contribution is 6.34. The quantitative estimate of drug-likeness (QED) is 0.794. The minimum atomic E-state index is -0.584.